The number of alkyl halides is 2. The standard InChI is InChI=1S/C21H15F4N5S.C11H21NO2/c22-13-4-1-11(2-5-13)10-31-30-16-6-3-12(7-15(16)23)17-8-14(20(24)25)19-18(28-17)9-27-21(26)29-19;1-11(2,3)14-10(13)12-9-7-5-4-6-8-9/h1-9,20,30H,10H2,(H2,26,27,29);9H,4-8H2,1-3H3,(H,12,13). The molecule has 8 nitrogen and oxygen atoms in total. The molecule has 240 valence electrons. The van der Waals surface area contributed by atoms with Gasteiger partial charge in [-0.05, 0) is 81.5 Å². The first-order valence-corrected chi connectivity index (χ1v) is 15.5. The predicted molar refractivity (Wildman–Crippen MR) is 170 cm³/mol. The van der Waals surface area contributed by atoms with Gasteiger partial charge in [0.05, 0.1) is 17.6 Å². The molecule has 0 spiro atoms. The van der Waals surface area contributed by atoms with E-state index in [1.54, 1.807) is 18.2 Å². The lowest BCUT2D eigenvalue weighted by molar-refractivity contribution is 0.0493. The average Bonchev–Trinajstić information content (AvgIpc) is 2.98. The first kappa shape index (κ1) is 33.8. The first-order valence-electron chi connectivity index (χ1n) is 14.5. The minimum atomic E-state index is -2.81. The summed E-state index contributed by atoms with van der Waals surface area (Å²) >= 11 is 1.24. The second kappa shape index (κ2) is 15.2. The number of carbonyl (C=O) groups is 1. The second-order valence-electron chi connectivity index (χ2n) is 11.6. The number of halogens is 4. The molecular formula is C32H36F4N6O2S. The number of amides is 1. The minimum absolute atomic E-state index is 0.0396. The van der Waals surface area contributed by atoms with Gasteiger partial charge in [0, 0.05) is 22.9 Å². The Morgan fingerprint density at radius 3 is 2.40 bits per heavy atom. The highest BCUT2D eigenvalue weighted by Crippen LogP contribution is 2.32. The van der Waals surface area contributed by atoms with Gasteiger partial charge in [-0.3, -0.25) is 0 Å². The Hall–Kier alpha value is -4.13. The van der Waals surface area contributed by atoms with Gasteiger partial charge in [-0.25, -0.2) is 37.3 Å². The molecule has 1 amide bonds. The van der Waals surface area contributed by atoms with E-state index in [2.05, 4.69) is 25.0 Å². The summed E-state index contributed by atoms with van der Waals surface area (Å²) < 4.78 is 62.7. The number of fused-ring (bicyclic) bond motifs is 1. The van der Waals surface area contributed by atoms with E-state index in [4.69, 9.17) is 10.5 Å². The topological polar surface area (TPSA) is 115 Å². The number of aromatic nitrogens is 3. The minimum Gasteiger partial charge on any atom is -0.444 e. The number of anilines is 2. The largest absolute Gasteiger partial charge is 0.444 e. The van der Waals surface area contributed by atoms with Crippen LogP contribution in [0.5, 0.6) is 0 Å². The Kier molecular flexibility index (Phi) is 11.4. The summed E-state index contributed by atoms with van der Waals surface area (Å²) in [7, 11) is 0. The molecule has 0 atom stereocenters. The summed E-state index contributed by atoms with van der Waals surface area (Å²) in [5.41, 5.74) is 6.44. The van der Waals surface area contributed by atoms with Crippen LogP contribution in [0.25, 0.3) is 22.3 Å². The third kappa shape index (κ3) is 10.2. The van der Waals surface area contributed by atoms with Crippen LogP contribution in [-0.2, 0) is 10.5 Å². The molecule has 4 N–H and O–H groups in total. The van der Waals surface area contributed by atoms with Crippen molar-refractivity contribution in [3.05, 3.63) is 77.5 Å². The average molecular weight is 645 g/mol. The van der Waals surface area contributed by atoms with Gasteiger partial charge in [0.1, 0.15) is 28.3 Å². The molecule has 1 aliphatic rings. The van der Waals surface area contributed by atoms with Crippen molar-refractivity contribution in [1.29, 1.82) is 0 Å². The van der Waals surface area contributed by atoms with E-state index >= 15 is 0 Å². The van der Waals surface area contributed by atoms with Gasteiger partial charge in [-0.2, -0.15) is 0 Å². The lowest BCUT2D eigenvalue weighted by Crippen LogP contribution is -2.39. The van der Waals surface area contributed by atoms with E-state index in [-0.39, 0.29) is 45.8 Å². The van der Waals surface area contributed by atoms with Crippen molar-refractivity contribution in [2.75, 3.05) is 10.5 Å². The van der Waals surface area contributed by atoms with Crippen LogP contribution in [0.2, 0.25) is 0 Å². The normalized spacial score (nSPS) is 13.7. The molecule has 4 aromatic rings. The number of nitrogens with one attached hydrogen (secondary N) is 2. The lowest BCUT2D eigenvalue weighted by Gasteiger charge is -2.25. The SMILES string of the molecule is CC(C)(C)OC(=O)NC1CCCCC1.Nc1ncc2nc(-c3ccc(NSCc4ccc(F)cc4)c(F)c3)cc(C(F)F)c2n1. The Balaban J connectivity index is 0.000000276. The Morgan fingerprint density at radius 1 is 1.04 bits per heavy atom. The van der Waals surface area contributed by atoms with Gasteiger partial charge in [0.2, 0.25) is 5.95 Å². The Bertz CT molecular complexity index is 1600. The van der Waals surface area contributed by atoms with Gasteiger partial charge in [0.15, 0.2) is 0 Å². The molecule has 2 heterocycles. The van der Waals surface area contributed by atoms with Crippen LogP contribution in [0, 0.1) is 11.6 Å². The zero-order valence-corrected chi connectivity index (χ0v) is 26.1. The highest BCUT2D eigenvalue weighted by molar-refractivity contribution is 7.99. The summed E-state index contributed by atoms with van der Waals surface area (Å²) in [6.07, 6.45) is 4.11. The first-order chi connectivity index (χ1) is 21.4. The molecule has 45 heavy (non-hydrogen) atoms. The van der Waals surface area contributed by atoms with E-state index < -0.39 is 17.8 Å². The third-order valence-corrected chi connectivity index (χ3v) is 7.60. The molecule has 0 aliphatic heterocycles. The van der Waals surface area contributed by atoms with Crippen molar-refractivity contribution in [3.63, 3.8) is 0 Å². The molecule has 0 saturated heterocycles. The Labute approximate surface area is 263 Å². The molecule has 0 bridgehead atoms. The van der Waals surface area contributed by atoms with Gasteiger partial charge >= 0.3 is 6.09 Å². The number of benzene rings is 2. The highest BCUT2D eigenvalue weighted by Gasteiger charge is 2.21. The van der Waals surface area contributed by atoms with Gasteiger partial charge in [0.25, 0.3) is 6.43 Å². The summed E-state index contributed by atoms with van der Waals surface area (Å²) in [4.78, 5) is 23.3. The van der Waals surface area contributed by atoms with Crippen LogP contribution in [0.15, 0.2) is 54.7 Å². The number of nitrogen functional groups attached to an aromatic ring is 1. The Morgan fingerprint density at radius 2 is 1.76 bits per heavy atom. The molecule has 0 radical (unpaired) electrons. The van der Waals surface area contributed by atoms with Crippen molar-refractivity contribution in [3.8, 4) is 11.3 Å². The van der Waals surface area contributed by atoms with Crippen molar-refractivity contribution in [1.82, 2.24) is 20.3 Å². The number of nitrogens with two attached hydrogens (primary N) is 1. The molecule has 0 unspecified atom stereocenters. The van der Waals surface area contributed by atoms with E-state index in [1.165, 1.54) is 67.7 Å². The van der Waals surface area contributed by atoms with Crippen molar-refractivity contribution < 1.29 is 27.1 Å². The maximum atomic E-state index is 14.6. The molecule has 1 saturated carbocycles. The summed E-state index contributed by atoms with van der Waals surface area (Å²) in [6, 6.07) is 11.8. The smallest absolute Gasteiger partial charge is 0.407 e. The highest BCUT2D eigenvalue weighted by atomic mass is 32.2. The molecule has 5 rings (SSSR count). The van der Waals surface area contributed by atoms with Crippen LogP contribution in [0.3, 0.4) is 0 Å². The van der Waals surface area contributed by atoms with E-state index in [0.29, 0.717) is 17.4 Å². The molecule has 1 aliphatic carbocycles. The van der Waals surface area contributed by atoms with Crippen LogP contribution in [-0.4, -0.2) is 32.7 Å². The van der Waals surface area contributed by atoms with Gasteiger partial charge in [-0.1, -0.05) is 37.5 Å². The fourth-order valence-corrected chi connectivity index (χ4v) is 5.38. The van der Waals surface area contributed by atoms with Crippen LogP contribution in [0.4, 0.5) is 34.0 Å². The molecule has 2 aromatic heterocycles. The summed E-state index contributed by atoms with van der Waals surface area (Å²) in [5.74, 6) is -0.536. The van der Waals surface area contributed by atoms with E-state index in [0.717, 1.165) is 18.4 Å². The lowest BCUT2D eigenvalue weighted by atomic mass is 9.96. The molecule has 1 fully saturated rings. The molecular weight excluding hydrogens is 608 g/mol. The van der Waals surface area contributed by atoms with Crippen molar-refractivity contribution in [2.45, 2.75) is 76.7 Å². The number of hydrogen-bond donors (Lipinski definition) is 3. The van der Waals surface area contributed by atoms with E-state index in [9.17, 15) is 22.4 Å². The second-order valence-corrected chi connectivity index (χ2v) is 12.3. The number of rotatable bonds is 7. The predicted octanol–water partition coefficient (Wildman–Crippen LogP) is 8.59. The fraction of sp³-hybridized carbons (Fsp3) is 0.375. The van der Waals surface area contributed by atoms with Crippen molar-refractivity contribution >= 4 is 40.7 Å². The fourth-order valence-electron chi connectivity index (χ4n) is 4.63. The van der Waals surface area contributed by atoms with Crippen molar-refractivity contribution in [2.24, 2.45) is 0 Å². The number of alkyl carbamates (subject to hydrolysis) is 1. The number of hydrogen-bond acceptors (Lipinski definition) is 8. The van der Waals surface area contributed by atoms with E-state index in [1.807, 2.05) is 20.8 Å². The number of nitrogens with zero attached hydrogens (tertiary/aromatic N) is 3. The number of ether oxygens (including phenoxy) is 1. The molecule has 2 aromatic carbocycles. The summed E-state index contributed by atoms with van der Waals surface area (Å²) in [6.45, 7) is 5.65. The zero-order chi connectivity index (χ0) is 32.6. The van der Waals surface area contributed by atoms with Gasteiger partial charge < -0.3 is 20.5 Å². The molecule has 13 heteroatoms. The number of carbonyl (C=O) groups excluding carboxylic acids is 1. The monoisotopic (exact) mass is 644 g/mol. The number of pyridine rings is 1. The van der Waals surface area contributed by atoms with Crippen LogP contribution < -0.4 is 15.8 Å². The quantitative estimate of drug-likeness (QED) is 0.135. The maximum absolute atomic E-state index is 14.6. The zero-order valence-electron chi connectivity index (χ0n) is 25.2. The van der Waals surface area contributed by atoms with Crippen LogP contribution in [0.1, 0.15) is 70.4 Å². The summed E-state index contributed by atoms with van der Waals surface area (Å²) in [5, 5.41) is 2.91. The van der Waals surface area contributed by atoms with Crippen LogP contribution >= 0.6 is 11.9 Å². The third-order valence-electron chi connectivity index (χ3n) is 6.75. The van der Waals surface area contributed by atoms with Gasteiger partial charge in [-0.15, -0.1) is 0 Å². The maximum Gasteiger partial charge on any atom is 0.407 e.